The first kappa shape index (κ1) is 6.81. The summed E-state index contributed by atoms with van der Waals surface area (Å²) in [6, 6.07) is 11.6. The zero-order valence-electron chi connectivity index (χ0n) is 6.36. The molecule has 0 aromatic heterocycles. The monoisotopic (exact) mass is 154 g/mol. The van der Waals surface area contributed by atoms with Crippen LogP contribution in [0.1, 0.15) is 5.69 Å². The van der Waals surface area contributed by atoms with E-state index in [1.54, 1.807) is 6.20 Å². The predicted molar refractivity (Wildman–Crippen MR) is 45.6 cm³/mol. The molecule has 56 valence electrons. The Morgan fingerprint density at radius 3 is 2.83 bits per heavy atom. The molecule has 2 nitrogen and oxygen atoms in total. The van der Waals surface area contributed by atoms with Crippen LogP contribution in [0.5, 0.6) is 0 Å². The summed E-state index contributed by atoms with van der Waals surface area (Å²) < 4.78 is 0. The van der Waals surface area contributed by atoms with Gasteiger partial charge < -0.3 is 0 Å². The molecule has 1 aliphatic heterocycles. The lowest BCUT2D eigenvalue weighted by atomic mass is 10.1. The molecule has 0 aromatic carbocycles. The minimum Gasteiger partial charge on any atom is -0.245 e. The third-order valence-corrected chi connectivity index (χ3v) is 1.78. The second kappa shape index (κ2) is 2.63. The van der Waals surface area contributed by atoms with Gasteiger partial charge in [-0.2, -0.15) is 5.26 Å². The Hall–Kier alpha value is -1.88. The van der Waals surface area contributed by atoms with Crippen molar-refractivity contribution in [2.24, 2.45) is 0 Å². The second-order valence-corrected chi connectivity index (χ2v) is 2.49. The minimum absolute atomic E-state index is 0.486. The molecule has 0 aromatic rings. The van der Waals surface area contributed by atoms with Crippen LogP contribution in [0.15, 0.2) is 36.5 Å². The van der Waals surface area contributed by atoms with Gasteiger partial charge in [-0.15, -0.1) is 0 Å². The van der Waals surface area contributed by atoms with Gasteiger partial charge in [-0.3, -0.25) is 0 Å². The Balaban J connectivity index is 2.79. The van der Waals surface area contributed by atoms with Gasteiger partial charge >= 0.3 is 0 Å². The van der Waals surface area contributed by atoms with Gasteiger partial charge in [0.25, 0.3) is 0 Å². The van der Waals surface area contributed by atoms with Crippen LogP contribution in [0, 0.1) is 11.3 Å². The lowest BCUT2D eigenvalue weighted by Gasteiger charge is -1.90. The molecule has 0 atom stereocenters. The zero-order valence-corrected chi connectivity index (χ0v) is 6.36. The second-order valence-electron chi connectivity index (χ2n) is 2.49. The van der Waals surface area contributed by atoms with Gasteiger partial charge in [0.2, 0.25) is 0 Å². The highest BCUT2D eigenvalue weighted by molar-refractivity contribution is 5.70. The van der Waals surface area contributed by atoms with Crippen LogP contribution >= 0.6 is 0 Å². The number of rotatable bonds is 0. The third kappa shape index (κ3) is 0.923. The van der Waals surface area contributed by atoms with E-state index in [1.807, 2.05) is 30.3 Å². The van der Waals surface area contributed by atoms with E-state index in [9.17, 15) is 0 Å². The van der Waals surface area contributed by atoms with E-state index in [-0.39, 0.29) is 0 Å². The number of hydrogen-bond acceptors (Lipinski definition) is 2. The first-order chi connectivity index (χ1) is 5.92. The molecule has 1 aliphatic carbocycles. The first-order valence-corrected chi connectivity index (χ1v) is 3.65. The van der Waals surface area contributed by atoms with Crippen molar-refractivity contribution in [3.8, 4) is 17.2 Å². The topological polar surface area (TPSA) is 36.7 Å². The fourth-order valence-corrected chi connectivity index (χ4v) is 1.22. The molecule has 0 radical (unpaired) electrons. The fourth-order valence-electron chi connectivity index (χ4n) is 1.22. The van der Waals surface area contributed by atoms with Gasteiger partial charge in [0, 0.05) is 11.8 Å². The van der Waals surface area contributed by atoms with Crippen molar-refractivity contribution < 1.29 is 0 Å². The molecular weight excluding hydrogens is 148 g/mol. The fraction of sp³-hybridized carbons (Fsp3) is 0. The Kier molecular flexibility index (Phi) is 1.49. The lowest BCUT2D eigenvalue weighted by Crippen LogP contribution is -1.78. The van der Waals surface area contributed by atoms with Crippen LogP contribution < -0.4 is 0 Å². The van der Waals surface area contributed by atoms with Crippen LogP contribution in [-0.2, 0) is 0 Å². The number of aromatic nitrogens is 1. The molecule has 0 unspecified atom stereocenters. The normalized spacial score (nSPS) is 9.58. The van der Waals surface area contributed by atoms with E-state index in [2.05, 4.69) is 11.1 Å². The average Bonchev–Trinajstić information content (AvgIpc) is 2.46. The Morgan fingerprint density at radius 1 is 1.17 bits per heavy atom. The van der Waals surface area contributed by atoms with Crippen molar-refractivity contribution in [2.75, 3.05) is 0 Å². The first-order valence-electron chi connectivity index (χ1n) is 3.65. The molecule has 2 rings (SSSR count). The molecule has 0 spiro atoms. The molecule has 1 heterocycles. The highest BCUT2D eigenvalue weighted by Gasteiger charge is 2.05. The standard InChI is InChI=1S/C10H6N2/c11-7-10-9-5-1-3-8(9)4-2-6-12-10/h1-6H. The Morgan fingerprint density at radius 2 is 2.00 bits per heavy atom. The number of hydrogen-bond donors (Lipinski definition) is 0. The summed E-state index contributed by atoms with van der Waals surface area (Å²) in [6.45, 7) is 0. The summed E-state index contributed by atoms with van der Waals surface area (Å²) in [4.78, 5) is 4.00. The van der Waals surface area contributed by atoms with Gasteiger partial charge in [-0.25, -0.2) is 4.98 Å². The number of fused-ring (bicyclic) bond motifs is 1. The van der Waals surface area contributed by atoms with Crippen molar-refractivity contribution >= 4 is 0 Å². The van der Waals surface area contributed by atoms with Crippen molar-refractivity contribution in [3.63, 3.8) is 0 Å². The van der Waals surface area contributed by atoms with Crippen molar-refractivity contribution in [2.45, 2.75) is 0 Å². The predicted octanol–water partition coefficient (Wildman–Crippen LogP) is 2.06. The maximum absolute atomic E-state index is 8.75. The quantitative estimate of drug-likeness (QED) is 0.582. The molecule has 2 aliphatic rings. The van der Waals surface area contributed by atoms with E-state index in [0.717, 1.165) is 11.1 Å². The van der Waals surface area contributed by atoms with Crippen LogP contribution in [0.3, 0.4) is 0 Å². The molecule has 0 saturated heterocycles. The van der Waals surface area contributed by atoms with Gasteiger partial charge in [0.1, 0.15) is 11.8 Å². The SMILES string of the molecule is N#Cc1ncccc2cccc1-2. The van der Waals surface area contributed by atoms with E-state index in [1.165, 1.54) is 0 Å². The average molecular weight is 154 g/mol. The Labute approximate surface area is 70.4 Å². The molecule has 0 amide bonds. The summed E-state index contributed by atoms with van der Waals surface area (Å²) in [6.07, 6.45) is 1.64. The summed E-state index contributed by atoms with van der Waals surface area (Å²) in [5.41, 5.74) is 2.46. The summed E-state index contributed by atoms with van der Waals surface area (Å²) >= 11 is 0. The number of nitriles is 1. The summed E-state index contributed by atoms with van der Waals surface area (Å²) in [5.74, 6) is 0. The van der Waals surface area contributed by atoms with Gasteiger partial charge in [0.05, 0.1) is 0 Å². The van der Waals surface area contributed by atoms with E-state index in [4.69, 9.17) is 5.26 Å². The van der Waals surface area contributed by atoms with Crippen molar-refractivity contribution in [1.29, 1.82) is 5.26 Å². The lowest BCUT2D eigenvalue weighted by molar-refractivity contribution is 1.30. The Bertz CT molecular complexity index is 415. The van der Waals surface area contributed by atoms with Crippen LogP contribution in [-0.4, -0.2) is 4.98 Å². The molecule has 0 fully saturated rings. The number of nitrogens with zero attached hydrogens (tertiary/aromatic N) is 2. The van der Waals surface area contributed by atoms with Crippen LogP contribution in [0.2, 0.25) is 0 Å². The third-order valence-electron chi connectivity index (χ3n) is 1.78. The van der Waals surface area contributed by atoms with E-state index >= 15 is 0 Å². The molecule has 0 bridgehead atoms. The maximum Gasteiger partial charge on any atom is 0.148 e. The molecular formula is C10H6N2. The maximum atomic E-state index is 8.75. The molecule has 12 heavy (non-hydrogen) atoms. The van der Waals surface area contributed by atoms with Crippen molar-refractivity contribution in [3.05, 3.63) is 42.2 Å². The summed E-state index contributed by atoms with van der Waals surface area (Å²) in [5, 5.41) is 8.75. The summed E-state index contributed by atoms with van der Waals surface area (Å²) in [7, 11) is 0. The van der Waals surface area contributed by atoms with E-state index in [0.29, 0.717) is 5.69 Å². The molecule has 0 saturated carbocycles. The minimum atomic E-state index is 0.486. The largest absolute Gasteiger partial charge is 0.245 e. The van der Waals surface area contributed by atoms with Gasteiger partial charge in [0.15, 0.2) is 0 Å². The smallest absolute Gasteiger partial charge is 0.148 e. The van der Waals surface area contributed by atoms with E-state index < -0.39 is 0 Å². The highest BCUT2D eigenvalue weighted by atomic mass is 14.7. The zero-order chi connectivity index (χ0) is 8.39. The molecule has 0 N–H and O–H groups in total. The van der Waals surface area contributed by atoms with Crippen LogP contribution in [0.25, 0.3) is 11.1 Å². The van der Waals surface area contributed by atoms with Gasteiger partial charge in [-0.1, -0.05) is 24.3 Å². The highest BCUT2D eigenvalue weighted by Crippen LogP contribution is 2.23. The van der Waals surface area contributed by atoms with Crippen LogP contribution in [0.4, 0.5) is 0 Å². The van der Waals surface area contributed by atoms with Crippen molar-refractivity contribution in [1.82, 2.24) is 4.98 Å². The van der Waals surface area contributed by atoms with Gasteiger partial charge in [-0.05, 0) is 11.6 Å². The molecule has 2 heteroatoms.